The summed E-state index contributed by atoms with van der Waals surface area (Å²) in [7, 11) is 2.16. The van der Waals surface area contributed by atoms with Gasteiger partial charge >= 0.3 is 13.1 Å². The van der Waals surface area contributed by atoms with E-state index >= 15 is 0 Å². The van der Waals surface area contributed by atoms with E-state index in [1.165, 1.54) is 20.3 Å². The number of aromatic nitrogens is 1. The molecule has 1 aliphatic rings. The second kappa shape index (κ2) is 5.31. The van der Waals surface area contributed by atoms with Crippen LogP contribution < -0.4 is 10.3 Å². The fourth-order valence-corrected chi connectivity index (χ4v) is 1.94. The van der Waals surface area contributed by atoms with Crippen molar-refractivity contribution in [2.75, 3.05) is 14.2 Å². The Labute approximate surface area is 124 Å². The molecular formula is C14H20BNO5. The van der Waals surface area contributed by atoms with Gasteiger partial charge in [0.25, 0.3) is 0 Å². The molecule has 6 nitrogen and oxygen atoms in total. The van der Waals surface area contributed by atoms with Crippen LogP contribution in [0.3, 0.4) is 0 Å². The highest BCUT2D eigenvalue weighted by atomic mass is 16.7. The van der Waals surface area contributed by atoms with E-state index in [4.69, 9.17) is 18.8 Å². The third-order valence-electron chi connectivity index (χ3n) is 3.94. The van der Waals surface area contributed by atoms with Gasteiger partial charge in [-0.15, -0.1) is 0 Å². The predicted octanol–water partition coefficient (Wildman–Crippen LogP) is 1.18. The van der Waals surface area contributed by atoms with Gasteiger partial charge in [-0.2, -0.15) is 0 Å². The third kappa shape index (κ3) is 2.89. The summed E-state index contributed by atoms with van der Waals surface area (Å²) in [5.41, 5.74) is -0.322. The zero-order valence-electron chi connectivity index (χ0n) is 13.2. The Morgan fingerprint density at radius 1 is 1.14 bits per heavy atom. The quantitative estimate of drug-likeness (QED) is 0.616. The summed E-state index contributed by atoms with van der Waals surface area (Å²) in [4.78, 5) is 15.9. The highest BCUT2D eigenvalue weighted by Crippen LogP contribution is 2.36. The van der Waals surface area contributed by atoms with Crippen LogP contribution in [-0.2, 0) is 14.0 Å². The van der Waals surface area contributed by atoms with Gasteiger partial charge in [0.1, 0.15) is 5.75 Å². The number of pyridine rings is 1. The first-order valence-electron chi connectivity index (χ1n) is 6.70. The molecule has 114 valence electrons. The molecule has 0 aliphatic carbocycles. The number of carbonyl (C=O) groups excluding carboxylic acids is 1. The molecule has 1 saturated heterocycles. The van der Waals surface area contributed by atoms with Gasteiger partial charge in [0.2, 0.25) is 0 Å². The summed E-state index contributed by atoms with van der Waals surface area (Å²) in [6, 6.07) is 3.20. The maximum absolute atomic E-state index is 11.7. The number of carbonyl (C=O) groups is 1. The summed E-state index contributed by atoms with van der Waals surface area (Å²) in [6.45, 7) is 7.81. The van der Waals surface area contributed by atoms with Gasteiger partial charge in [-0.3, -0.25) is 0 Å². The van der Waals surface area contributed by atoms with Crippen molar-refractivity contribution < 1.29 is 23.6 Å². The first-order valence-corrected chi connectivity index (χ1v) is 6.70. The van der Waals surface area contributed by atoms with E-state index < -0.39 is 24.3 Å². The monoisotopic (exact) mass is 293 g/mol. The van der Waals surface area contributed by atoms with Crippen LogP contribution in [0, 0.1) is 0 Å². The normalized spacial score (nSPS) is 19.4. The summed E-state index contributed by atoms with van der Waals surface area (Å²) in [5, 5.41) is 0. The van der Waals surface area contributed by atoms with E-state index in [0.29, 0.717) is 11.3 Å². The van der Waals surface area contributed by atoms with Gasteiger partial charge in [0.05, 0.1) is 31.0 Å². The fraction of sp³-hybridized carbons (Fsp3) is 0.571. The second-order valence-electron chi connectivity index (χ2n) is 5.90. The Hall–Kier alpha value is -1.60. The van der Waals surface area contributed by atoms with Crippen molar-refractivity contribution in [1.29, 1.82) is 0 Å². The molecule has 0 spiro atoms. The molecule has 0 radical (unpaired) electrons. The Morgan fingerprint density at radius 3 is 2.19 bits per heavy atom. The van der Waals surface area contributed by atoms with Gasteiger partial charge in [0.15, 0.2) is 5.69 Å². The lowest BCUT2D eigenvalue weighted by Gasteiger charge is -2.32. The van der Waals surface area contributed by atoms with Gasteiger partial charge in [-0.25, -0.2) is 9.78 Å². The van der Waals surface area contributed by atoms with Crippen molar-refractivity contribution in [1.82, 2.24) is 4.98 Å². The second-order valence-corrected chi connectivity index (χ2v) is 5.90. The van der Waals surface area contributed by atoms with Crippen LogP contribution in [0.15, 0.2) is 12.1 Å². The van der Waals surface area contributed by atoms with Gasteiger partial charge in [-0.1, -0.05) is 0 Å². The minimum Gasteiger partial charge on any atom is -0.497 e. The van der Waals surface area contributed by atoms with E-state index in [2.05, 4.69) is 4.98 Å². The van der Waals surface area contributed by atoms with E-state index in [0.717, 1.165) is 0 Å². The van der Waals surface area contributed by atoms with Gasteiger partial charge in [-0.05, 0) is 33.8 Å². The maximum Gasteiger partial charge on any atom is 0.514 e. The molecule has 0 unspecified atom stereocenters. The smallest absolute Gasteiger partial charge is 0.497 e. The fourth-order valence-electron chi connectivity index (χ4n) is 1.94. The molecule has 1 aliphatic heterocycles. The van der Waals surface area contributed by atoms with Crippen LogP contribution >= 0.6 is 0 Å². The molecule has 0 N–H and O–H groups in total. The third-order valence-corrected chi connectivity index (χ3v) is 3.94. The van der Waals surface area contributed by atoms with Crippen LogP contribution in [0.4, 0.5) is 0 Å². The van der Waals surface area contributed by atoms with Crippen molar-refractivity contribution in [2.24, 2.45) is 0 Å². The maximum atomic E-state index is 11.7. The average Bonchev–Trinajstić information content (AvgIpc) is 2.66. The van der Waals surface area contributed by atoms with E-state index in [1.54, 1.807) is 6.07 Å². The van der Waals surface area contributed by atoms with E-state index in [9.17, 15) is 4.79 Å². The lowest BCUT2D eigenvalue weighted by atomic mass is 9.84. The van der Waals surface area contributed by atoms with Gasteiger partial charge < -0.3 is 18.8 Å². The number of ether oxygens (including phenoxy) is 2. The number of methoxy groups -OCH3 is 2. The summed E-state index contributed by atoms with van der Waals surface area (Å²) in [6.07, 6.45) is 0. The predicted molar refractivity (Wildman–Crippen MR) is 77.8 cm³/mol. The lowest BCUT2D eigenvalue weighted by molar-refractivity contribution is 0.00578. The number of nitrogens with zero attached hydrogens (tertiary/aromatic N) is 1. The van der Waals surface area contributed by atoms with Crippen molar-refractivity contribution in [2.45, 2.75) is 38.9 Å². The highest BCUT2D eigenvalue weighted by molar-refractivity contribution is 6.61. The highest BCUT2D eigenvalue weighted by Gasteiger charge is 2.52. The van der Waals surface area contributed by atoms with Crippen molar-refractivity contribution in [3.63, 3.8) is 0 Å². The molecule has 21 heavy (non-hydrogen) atoms. The Kier molecular flexibility index (Phi) is 3.99. The first kappa shape index (κ1) is 15.8. The number of hydrogen-bond donors (Lipinski definition) is 0. The Morgan fingerprint density at radius 2 is 1.71 bits per heavy atom. The van der Waals surface area contributed by atoms with Crippen LogP contribution in [0.5, 0.6) is 5.75 Å². The molecule has 1 aromatic rings. The van der Waals surface area contributed by atoms with Crippen molar-refractivity contribution in [3.8, 4) is 5.75 Å². The molecule has 2 heterocycles. The van der Waals surface area contributed by atoms with E-state index in [-0.39, 0.29) is 5.69 Å². The molecule has 0 atom stereocenters. The van der Waals surface area contributed by atoms with Crippen LogP contribution in [-0.4, -0.2) is 43.5 Å². The molecule has 0 aromatic carbocycles. The number of rotatable bonds is 3. The minimum absolute atomic E-state index is 0.154. The molecular weight excluding hydrogens is 273 g/mol. The largest absolute Gasteiger partial charge is 0.514 e. The first-order chi connectivity index (χ1) is 9.70. The Bertz CT molecular complexity index is 542. The molecule has 2 rings (SSSR count). The van der Waals surface area contributed by atoms with Gasteiger partial charge in [0, 0.05) is 6.07 Å². The molecule has 0 amide bonds. The molecule has 7 heteroatoms. The molecule has 1 aromatic heterocycles. The van der Waals surface area contributed by atoms with Crippen LogP contribution in [0.1, 0.15) is 38.2 Å². The van der Waals surface area contributed by atoms with Crippen LogP contribution in [0.25, 0.3) is 0 Å². The topological polar surface area (TPSA) is 66.9 Å². The molecule has 0 bridgehead atoms. The SMILES string of the molecule is COC(=O)c1cc(OC)cc(B2OC(C)(C)C(C)(C)O2)n1. The number of hydrogen-bond acceptors (Lipinski definition) is 6. The molecule has 1 fully saturated rings. The standard InChI is InChI=1S/C14H20BNO5/c1-13(2)14(3,4)21-15(20-13)11-8-9(18-5)7-10(16-11)12(17)19-6/h7-8H,1-6H3. The average molecular weight is 293 g/mol. The van der Waals surface area contributed by atoms with Crippen molar-refractivity contribution >= 4 is 18.7 Å². The zero-order valence-corrected chi connectivity index (χ0v) is 13.2. The van der Waals surface area contributed by atoms with Crippen molar-refractivity contribution in [3.05, 3.63) is 17.8 Å². The summed E-state index contributed by atoms with van der Waals surface area (Å²) in [5.74, 6) is -0.0400. The number of esters is 1. The summed E-state index contributed by atoms with van der Waals surface area (Å²) >= 11 is 0. The minimum atomic E-state index is -0.659. The molecule has 0 saturated carbocycles. The Balaban J connectivity index is 2.39. The lowest BCUT2D eigenvalue weighted by Crippen LogP contribution is -2.41. The summed E-state index contributed by atoms with van der Waals surface area (Å²) < 4.78 is 21.7. The van der Waals surface area contributed by atoms with Crippen LogP contribution in [0.2, 0.25) is 0 Å². The van der Waals surface area contributed by atoms with E-state index in [1.807, 2.05) is 27.7 Å². The zero-order chi connectivity index (χ0) is 15.8.